The molecule has 1 aliphatic heterocycles. The summed E-state index contributed by atoms with van der Waals surface area (Å²) in [7, 11) is 0. The topological polar surface area (TPSA) is 83.6 Å². The molecule has 0 aliphatic carbocycles. The Balaban J connectivity index is 2.34. The zero-order valence-corrected chi connectivity index (χ0v) is 10.2. The van der Waals surface area contributed by atoms with E-state index in [-0.39, 0.29) is 6.04 Å². The Labute approximate surface area is 105 Å². The molecule has 0 radical (unpaired) electrons. The van der Waals surface area contributed by atoms with Crippen molar-refractivity contribution in [2.45, 2.75) is 19.4 Å². The van der Waals surface area contributed by atoms with Gasteiger partial charge in [-0.25, -0.2) is 0 Å². The molecule has 1 aromatic rings. The average Bonchev–Trinajstić information content (AvgIpc) is 2.71. The molecule has 5 heteroatoms. The highest BCUT2D eigenvalue weighted by Crippen LogP contribution is 2.31. The molecule has 2 rings (SSSR count). The van der Waals surface area contributed by atoms with Crippen molar-refractivity contribution >= 4 is 17.6 Å². The van der Waals surface area contributed by atoms with Crippen LogP contribution in [0.4, 0.5) is 5.69 Å². The molecular formula is C13H16N2O3. The third-order valence-electron chi connectivity index (χ3n) is 3.55. The molecule has 0 saturated carbocycles. The zero-order chi connectivity index (χ0) is 13.3. The van der Waals surface area contributed by atoms with Crippen molar-refractivity contribution in [3.63, 3.8) is 0 Å². The molecule has 1 heterocycles. The van der Waals surface area contributed by atoms with Gasteiger partial charge in [-0.05, 0) is 25.5 Å². The second-order valence-electron chi connectivity index (χ2n) is 4.55. The third kappa shape index (κ3) is 2.03. The molecule has 2 unspecified atom stereocenters. The quantitative estimate of drug-likeness (QED) is 0.838. The SMILES string of the molecule is CC1C(C(=O)O)CCN1c1ccccc1C(N)=O. The maximum Gasteiger partial charge on any atom is 0.308 e. The van der Waals surface area contributed by atoms with Crippen LogP contribution < -0.4 is 10.6 Å². The van der Waals surface area contributed by atoms with Crippen molar-refractivity contribution in [2.75, 3.05) is 11.4 Å². The van der Waals surface area contributed by atoms with E-state index in [1.54, 1.807) is 18.2 Å². The molecule has 1 aliphatic rings. The number of aliphatic carboxylic acids is 1. The van der Waals surface area contributed by atoms with E-state index < -0.39 is 17.8 Å². The number of nitrogens with zero attached hydrogens (tertiary/aromatic N) is 1. The number of amides is 1. The number of hydrogen-bond donors (Lipinski definition) is 2. The van der Waals surface area contributed by atoms with E-state index in [2.05, 4.69) is 0 Å². The van der Waals surface area contributed by atoms with Crippen LogP contribution >= 0.6 is 0 Å². The summed E-state index contributed by atoms with van der Waals surface area (Å²) in [5.74, 6) is -1.68. The number of rotatable bonds is 3. The smallest absolute Gasteiger partial charge is 0.308 e. The van der Waals surface area contributed by atoms with Crippen LogP contribution in [-0.4, -0.2) is 29.6 Å². The lowest BCUT2D eigenvalue weighted by molar-refractivity contribution is -0.141. The first-order valence-electron chi connectivity index (χ1n) is 5.90. The van der Waals surface area contributed by atoms with Crippen molar-refractivity contribution in [1.29, 1.82) is 0 Å². The second kappa shape index (κ2) is 4.68. The summed E-state index contributed by atoms with van der Waals surface area (Å²) in [6.45, 7) is 2.49. The number of benzene rings is 1. The van der Waals surface area contributed by atoms with Gasteiger partial charge in [-0.3, -0.25) is 9.59 Å². The van der Waals surface area contributed by atoms with Crippen molar-refractivity contribution in [2.24, 2.45) is 11.7 Å². The van der Waals surface area contributed by atoms with Crippen molar-refractivity contribution in [1.82, 2.24) is 0 Å². The highest BCUT2D eigenvalue weighted by molar-refractivity contribution is 5.98. The van der Waals surface area contributed by atoms with Gasteiger partial charge < -0.3 is 15.7 Å². The van der Waals surface area contributed by atoms with E-state index >= 15 is 0 Å². The molecule has 0 bridgehead atoms. The van der Waals surface area contributed by atoms with Gasteiger partial charge in [0.2, 0.25) is 0 Å². The largest absolute Gasteiger partial charge is 0.481 e. The fourth-order valence-corrected chi connectivity index (χ4v) is 2.54. The minimum Gasteiger partial charge on any atom is -0.481 e. The fourth-order valence-electron chi connectivity index (χ4n) is 2.54. The van der Waals surface area contributed by atoms with Crippen LogP contribution in [0.2, 0.25) is 0 Å². The molecule has 0 spiro atoms. The van der Waals surface area contributed by atoms with Gasteiger partial charge in [0, 0.05) is 18.3 Å². The Bertz CT molecular complexity index is 487. The minimum atomic E-state index is -0.790. The Hall–Kier alpha value is -2.04. The number of carbonyl (C=O) groups excluding carboxylic acids is 1. The summed E-state index contributed by atoms with van der Waals surface area (Å²) in [6.07, 6.45) is 0.587. The van der Waals surface area contributed by atoms with Gasteiger partial charge in [0.05, 0.1) is 11.5 Å². The Morgan fingerprint density at radius 2 is 2.06 bits per heavy atom. The van der Waals surface area contributed by atoms with E-state index in [0.717, 1.165) is 5.69 Å². The van der Waals surface area contributed by atoms with Gasteiger partial charge in [-0.1, -0.05) is 12.1 Å². The normalized spacial score (nSPS) is 23.1. The van der Waals surface area contributed by atoms with Crippen LogP contribution in [-0.2, 0) is 4.79 Å². The molecule has 1 aromatic carbocycles. The molecule has 1 saturated heterocycles. The summed E-state index contributed by atoms with van der Waals surface area (Å²) in [5, 5.41) is 9.11. The number of carbonyl (C=O) groups is 2. The van der Waals surface area contributed by atoms with Gasteiger partial charge in [-0.2, -0.15) is 0 Å². The van der Waals surface area contributed by atoms with E-state index in [9.17, 15) is 9.59 Å². The van der Waals surface area contributed by atoms with E-state index in [0.29, 0.717) is 18.5 Å². The molecule has 18 heavy (non-hydrogen) atoms. The number of para-hydroxylation sites is 1. The van der Waals surface area contributed by atoms with Crippen LogP contribution in [0.25, 0.3) is 0 Å². The summed E-state index contributed by atoms with van der Waals surface area (Å²) in [5.41, 5.74) is 6.50. The van der Waals surface area contributed by atoms with Crippen LogP contribution in [0.15, 0.2) is 24.3 Å². The van der Waals surface area contributed by atoms with Crippen LogP contribution in [0.5, 0.6) is 0 Å². The number of nitrogens with two attached hydrogens (primary N) is 1. The Morgan fingerprint density at radius 1 is 1.39 bits per heavy atom. The van der Waals surface area contributed by atoms with Gasteiger partial charge in [0.1, 0.15) is 0 Å². The lowest BCUT2D eigenvalue weighted by Gasteiger charge is -2.27. The molecule has 5 nitrogen and oxygen atoms in total. The standard InChI is InChI=1S/C13H16N2O3/c1-8-9(13(17)18)6-7-15(8)11-5-3-2-4-10(11)12(14)16/h2-5,8-9H,6-7H2,1H3,(H2,14,16)(H,17,18). The first kappa shape index (κ1) is 12.4. The van der Waals surface area contributed by atoms with Gasteiger partial charge in [0.25, 0.3) is 5.91 Å². The number of carboxylic acids is 1. The highest BCUT2D eigenvalue weighted by atomic mass is 16.4. The number of hydrogen-bond acceptors (Lipinski definition) is 3. The van der Waals surface area contributed by atoms with Crippen molar-refractivity contribution in [3.05, 3.63) is 29.8 Å². The average molecular weight is 248 g/mol. The maximum atomic E-state index is 11.4. The first-order valence-corrected chi connectivity index (χ1v) is 5.90. The molecular weight excluding hydrogens is 232 g/mol. The Kier molecular flexibility index (Phi) is 3.23. The molecule has 0 aromatic heterocycles. The summed E-state index contributed by atoms with van der Waals surface area (Å²) < 4.78 is 0. The second-order valence-corrected chi connectivity index (χ2v) is 4.55. The lowest BCUT2D eigenvalue weighted by atomic mass is 10.0. The molecule has 2 atom stereocenters. The molecule has 96 valence electrons. The maximum absolute atomic E-state index is 11.4. The van der Waals surface area contributed by atoms with Crippen LogP contribution in [0.3, 0.4) is 0 Å². The van der Waals surface area contributed by atoms with Crippen molar-refractivity contribution < 1.29 is 14.7 Å². The van der Waals surface area contributed by atoms with E-state index in [1.807, 2.05) is 17.9 Å². The summed E-state index contributed by atoms with van der Waals surface area (Å²) in [6, 6.07) is 6.91. The van der Waals surface area contributed by atoms with Gasteiger partial charge >= 0.3 is 5.97 Å². The monoisotopic (exact) mass is 248 g/mol. The zero-order valence-electron chi connectivity index (χ0n) is 10.2. The number of anilines is 1. The number of primary amides is 1. The molecule has 3 N–H and O–H groups in total. The molecule has 1 fully saturated rings. The summed E-state index contributed by atoms with van der Waals surface area (Å²) in [4.78, 5) is 24.4. The third-order valence-corrected chi connectivity index (χ3v) is 3.55. The van der Waals surface area contributed by atoms with Crippen LogP contribution in [0.1, 0.15) is 23.7 Å². The molecule has 1 amide bonds. The highest BCUT2D eigenvalue weighted by Gasteiger charge is 2.36. The number of carboxylic acid groups (broad SMARTS) is 1. The summed E-state index contributed by atoms with van der Waals surface area (Å²) >= 11 is 0. The van der Waals surface area contributed by atoms with Gasteiger partial charge in [-0.15, -0.1) is 0 Å². The first-order chi connectivity index (χ1) is 8.52. The Morgan fingerprint density at radius 3 is 2.61 bits per heavy atom. The van der Waals surface area contributed by atoms with E-state index in [1.165, 1.54) is 0 Å². The predicted octanol–water partition coefficient (Wildman–Crippen LogP) is 1.08. The fraction of sp³-hybridized carbons (Fsp3) is 0.385. The van der Waals surface area contributed by atoms with Crippen molar-refractivity contribution in [3.8, 4) is 0 Å². The predicted molar refractivity (Wildman–Crippen MR) is 67.5 cm³/mol. The van der Waals surface area contributed by atoms with Crippen LogP contribution in [0, 0.1) is 5.92 Å². The van der Waals surface area contributed by atoms with Gasteiger partial charge in [0.15, 0.2) is 0 Å². The lowest BCUT2D eigenvalue weighted by Crippen LogP contribution is -2.34. The van der Waals surface area contributed by atoms with E-state index in [4.69, 9.17) is 10.8 Å². The minimum absolute atomic E-state index is 0.136.